The minimum atomic E-state index is -2.75. The highest BCUT2D eigenvalue weighted by Gasteiger charge is 2.10. The van der Waals surface area contributed by atoms with Crippen molar-refractivity contribution in [3.8, 4) is 0 Å². The first kappa shape index (κ1) is 8.55. The Morgan fingerprint density at radius 2 is 1.73 bits per heavy atom. The van der Waals surface area contributed by atoms with Gasteiger partial charge in [-0.2, -0.15) is 0 Å². The quantitative estimate of drug-likeness (QED) is 0.640. The third kappa shape index (κ3) is 1.94. The van der Waals surface area contributed by atoms with Gasteiger partial charge >= 0.3 is 0 Å². The molecule has 11 heavy (non-hydrogen) atoms. The van der Waals surface area contributed by atoms with Crippen LogP contribution in [0.25, 0.3) is 0 Å². The molecule has 1 aromatic carbocycles. The zero-order valence-corrected chi connectivity index (χ0v) is 7.01. The third-order valence-electron chi connectivity index (χ3n) is 1.36. The Bertz CT molecular complexity index is 225. The molecule has 0 saturated carbocycles. The van der Waals surface area contributed by atoms with Crippen LogP contribution >= 0.6 is 10.8 Å². The summed E-state index contributed by atoms with van der Waals surface area (Å²) in [5.74, 6) is 0. The van der Waals surface area contributed by atoms with Crippen LogP contribution in [0.2, 0.25) is 0 Å². The normalized spacial score (nSPS) is 13.0. The fraction of sp³-hybridized carbons (Fsp3) is 0.143. The first-order valence-electron chi connectivity index (χ1n) is 3.18. The Balaban J connectivity index is 2.93. The van der Waals surface area contributed by atoms with Crippen molar-refractivity contribution in [1.29, 1.82) is 0 Å². The van der Waals surface area contributed by atoms with Crippen LogP contribution in [0.15, 0.2) is 35.2 Å². The van der Waals surface area contributed by atoms with E-state index in [2.05, 4.69) is 4.72 Å². The lowest BCUT2D eigenvalue weighted by atomic mass is 10.4. The van der Waals surface area contributed by atoms with Crippen molar-refractivity contribution in [1.82, 2.24) is 4.72 Å². The number of benzene rings is 1. The number of hydrogen-bond donors (Lipinski definition) is 3. The summed E-state index contributed by atoms with van der Waals surface area (Å²) in [5, 5.41) is 0. The van der Waals surface area contributed by atoms with Crippen molar-refractivity contribution in [3.63, 3.8) is 0 Å². The fourth-order valence-electron chi connectivity index (χ4n) is 0.728. The maximum Gasteiger partial charge on any atom is 0.0750 e. The summed E-state index contributed by atoms with van der Waals surface area (Å²) in [7, 11) is -1.23. The number of hydrogen-bond acceptors (Lipinski definition) is 3. The summed E-state index contributed by atoms with van der Waals surface area (Å²) in [6.45, 7) is 0. The molecule has 0 radical (unpaired) electrons. The topological polar surface area (TPSA) is 52.5 Å². The molecule has 3 N–H and O–H groups in total. The van der Waals surface area contributed by atoms with E-state index in [1.54, 1.807) is 24.3 Å². The van der Waals surface area contributed by atoms with Crippen molar-refractivity contribution in [2.24, 2.45) is 0 Å². The molecular weight excluding hydrogens is 162 g/mol. The maximum absolute atomic E-state index is 9.32. The molecule has 0 saturated heterocycles. The predicted octanol–water partition coefficient (Wildman–Crippen LogP) is 1.93. The van der Waals surface area contributed by atoms with E-state index >= 15 is 0 Å². The molecule has 62 valence electrons. The smallest absolute Gasteiger partial charge is 0.0750 e. The van der Waals surface area contributed by atoms with Gasteiger partial charge in [-0.25, -0.2) is 4.72 Å². The third-order valence-corrected chi connectivity index (χ3v) is 2.86. The van der Waals surface area contributed by atoms with Gasteiger partial charge < -0.3 is 0 Å². The molecule has 0 heterocycles. The van der Waals surface area contributed by atoms with Crippen LogP contribution in [0.4, 0.5) is 0 Å². The minimum absolute atomic E-state index is 0.516. The molecule has 0 aliphatic heterocycles. The monoisotopic (exact) mass is 173 g/mol. The van der Waals surface area contributed by atoms with Crippen molar-refractivity contribution in [2.75, 3.05) is 7.05 Å². The average molecular weight is 173 g/mol. The molecule has 0 atom stereocenters. The highest BCUT2D eigenvalue weighted by molar-refractivity contribution is 8.22. The molecule has 0 unspecified atom stereocenters. The summed E-state index contributed by atoms with van der Waals surface area (Å²) in [6, 6.07) is 8.70. The van der Waals surface area contributed by atoms with E-state index in [0.717, 1.165) is 0 Å². The Hall–Kier alpha value is -0.550. The summed E-state index contributed by atoms with van der Waals surface area (Å²) in [4.78, 5) is 0.516. The van der Waals surface area contributed by atoms with Crippen molar-refractivity contribution in [3.05, 3.63) is 30.3 Å². The van der Waals surface area contributed by atoms with Crippen LogP contribution in [0, 0.1) is 0 Å². The van der Waals surface area contributed by atoms with E-state index in [-0.39, 0.29) is 0 Å². The van der Waals surface area contributed by atoms with Crippen LogP contribution in [0.5, 0.6) is 0 Å². The zero-order valence-electron chi connectivity index (χ0n) is 6.19. The molecule has 3 nitrogen and oxygen atoms in total. The summed E-state index contributed by atoms with van der Waals surface area (Å²) in [6.07, 6.45) is 0. The van der Waals surface area contributed by atoms with Gasteiger partial charge in [-0.1, -0.05) is 18.2 Å². The Morgan fingerprint density at radius 1 is 1.18 bits per heavy atom. The highest BCUT2D eigenvalue weighted by Crippen LogP contribution is 2.42. The van der Waals surface area contributed by atoms with Gasteiger partial charge in [0, 0.05) is 7.05 Å². The molecule has 0 aliphatic rings. The lowest BCUT2D eigenvalue weighted by molar-refractivity contribution is 0.476. The second-order valence-corrected chi connectivity index (χ2v) is 4.04. The minimum Gasteiger partial charge on any atom is -0.282 e. The predicted molar refractivity (Wildman–Crippen MR) is 46.6 cm³/mol. The Labute approximate surface area is 67.5 Å². The van der Waals surface area contributed by atoms with E-state index in [9.17, 15) is 9.11 Å². The maximum atomic E-state index is 9.32. The molecule has 0 aromatic heterocycles. The van der Waals surface area contributed by atoms with E-state index in [1.807, 2.05) is 6.07 Å². The van der Waals surface area contributed by atoms with Gasteiger partial charge in [-0.3, -0.25) is 9.11 Å². The summed E-state index contributed by atoms with van der Waals surface area (Å²) >= 11 is 0. The second-order valence-electron chi connectivity index (χ2n) is 2.07. The second kappa shape index (κ2) is 3.23. The van der Waals surface area contributed by atoms with E-state index < -0.39 is 10.8 Å². The Kier molecular flexibility index (Phi) is 2.51. The lowest BCUT2D eigenvalue weighted by Crippen LogP contribution is -2.14. The molecule has 1 aromatic rings. The first-order chi connectivity index (χ1) is 5.17. The first-order valence-corrected chi connectivity index (χ1v) is 4.73. The van der Waals surface area contributed by atoms with Crippen molar-refractivity contribution < 1.29 is 9.11 Å². The highest BCUT2D eigenvalue weighted by atomic mass is 32.3. The van der Waals surface area contributed by atoms with Crippen molar-refractivity contribution >= 4 is 10.8 Å². The van der Waals surface area contributed by atoms with Crippen LogP contribution in [0.3, 0.4) is 0 Å². The number of nitrogens with one attached hydrogen (secondary N) is 1. The van der Waals surface area contributed by atoms with Gasteiger partial charge in [0.15, 0.2) is 0 Å². The number of rotatable bonds is 2. The van der Waals surface area contributed by atoms with E-state index in [0.29, 0.717) is 4.90 Å². The van der Waals surface area contributed by atoms with Gasteiger partial charge in [0.05, 0.1) is 4.90 Å². The Morgan fingerprint density at radius 3 is 2.18 bits per heavy atom. The summed E-state index contributed by atoms with van der Waals surface area (Å²) < 4.78 is 21.1. The standard InChI is InChI=1S/C7H11NO2S/c1-8-11(9,10)7-5-3-2-4-6-7/h2-6,8-10H,1H3. The summed E-state index contributed by atoms with van der Waals surface area (Å²) in [5.41, 5.74) is 0. The van der Waals surface area contributed by atoms with Crippen LogP contribution in [0.1, 0.15) is 0 Å². The zero-order chi connectivity index (χ0) is 8.32. The molecule has 0 amide bonds. The van der Waals surface area contributed by atoms with Crippen LogP contribution < -0.4 is 4.72 Å². The van der Waals surface area contributed by atoms with Gasteiger partial charge in [0.2, 0.25) is 0 Å². The molecule has 0 fully saturated rings. The molecule has 4 heteroatoms. The van der Waals surface area contributed by atoms with Crippen molar-refractivity contribution in [2.45, 2.75) is 4.90 Å². The van der Waals surface area contributed by atoms with Gasteiger partial charge in [-0.15, -0.1) is 10.8 Å². The molecule has 0 spiro atoms. The van der Waals surface area contributed by atoms with Gasteiger partial charge in [0.25, 0.3) is 0 Å². The molecule has 1 rings (SSSR count). The van der Waals surface area contributed by atoms with Crippen LogP contribution in [-0.2, 0) is 0 Å². The molecular formula is C7H11NO2S. The van der Waals surface area contributed by atoms with Crippen LogP contribution in [-0.4, -0.2) is 16.2 Å². The van der Waals surface area contributed by atoms with Gasteiger partial charge in [0.1, 0.15) is 0 Å². The molecule has 0 aliphatic carbocycles. The van der Waals surface area contributed by atoms with Gasteiger partial charge in [-0.05, 0) is 12.1 Å². The lowest BCUT2D eigenvalue weighted by Gasteiger charge is -2.30. The average Bonchev–Trinajstić information content (AvgIpc) is 2.06. The fourth-order valence-corrected chi connectivity index (χ4v) is 1.50. The van der Waals surface area contributed by atoms with E-state index in [4.69, 9.17) is 0 Å². The van der Waals surface area contributed by atoms with E-state index in [1.165, 1.54) is 7.05 Å². The molecule has 0 bridgehead atoms. The SMILES string of the molecule is CNS(O)(O)c1ccccc1. The largest absolute Gasteiger partial charge is 0.282 e.